The number of amides is 1. The maximum atomic E-state index is 11.6. The summed E-state index contributed by atoms with van der Waals surface area (Å²) in [7, 11) is 1.80. The molecule has 1 rings (SSSR count). The largest absolute Gasteiger partial charge is 0.389 e. The molecule has 16 heavy (non-hydrogen) atoms. The Kier molecular flexibility index (Phi) is 4.74. The minimum atomic E-state index is -0.573. The van der Waals surface area contributed by atoms with E-state index in [0.29, 0.717) is 13.1 Å². The van der Waals surface area contributed by atoms with Crippen molar-refractivity contribution in [3.63, 3.8) is 0 Å². The molecule has 1 amide bonds. The van der Waals surface area contributed by atoms with Gasteiger partial charge in [0, 0.05) is 19.6 Å². The van der Waals surface area contributed by atoms with Crippen molar-refractivity contribution in [2.45, 2.75) is 51.2 Å². The molecule has 94 valence electrons. The highest BCUT2D eigenvalue weighted by Crippen LogP contribution is 2.28. The van der Waals surface area contributed by atoms with Crippen molar-refractivity contribution in [3.05, 3.63) is 0 Å². The monoisotopic (exact) mass is 228 g/mol. The third-order valence-corrected chi connectivity index (χ3v) is 3.43. The lowest BCUT2D eigenvalue weighted by Crippen LogP contribution is -2.44. The Labute approximate surface area is 98.0 Å². The SMILES string of the molecule is CC(C)N(C)C(=O)CNCC1(O)CCCC1. The summed E-state index contributed by atoms with van der Waals surface area (Å²) in [5.74, 6) is 0.0802. The van der Waals surface area contributed by atoms with Crippen molar-refractivity contribution in [1.82, 2.24) is 10.2 Å². The first kappa shape index (κ1) is 13.5. The van der Waals surface area contributed by atoms with Crippen molar-refractivity contribution in [2.24, 2.45) is 0 Å². The Hall–Kier alpha value is -0.610. The van der Waals surface area contributed by atoms with Gasteiger partial charge in [-0.1, -0.05) is 12.8 Å². The lowest BCUT2D eigenvalue weighted by atomic mass is 10.0. The molecule has 0 spiro atoms. The molecule has 0 aromatic carbocycles. The van der Waals surface area contributed by atoms with Crippen molar-refractivity contribution in [3.8, 4) is 0 Å². The Morgan fingerprint density at radius 1 is 1.44 bits per heavy atom. The minimum absolute atomic E-state index is 0.0802. The molecule has 2 N–H and O–H groups in total. The summed E-state index contributed by atoms with van der Waals surface area (Å²) in [5, 5.41) is 13.1. The second-order valence-corrected chi connectivity index (χ2v) is 5.13. The minimum Gasteiger partial charge on any atom is -0.389 e. The van der Waals surface area contributed by atoms with Gasteiger partial charge in [0.25, 0.3) is 0 Å². The van der Waals surface area contributed by atoms with Gasteiger partial charge >= 0.3 is 0 Å². The van der Waals surface area contributed by atoms with E-state index >= 15 is 0 Å². The van der Waals surface area contributed by atoms with Crippen LogP contribution in [-0.2, 0) is 4.79 Å². The zero-order valence-corrected chi connectivity index (χ0v) is 10.6. The third kappa shape index (κ3) is 3.76. The standard InChI is InChI=1S/C12H24N2O2/c1-10(2)14(3)11(15)8-13-9-12(16)6-4-5-7-12/h10,13,16H,4-9H2,1-3H3. The van der Waals surface area contributed by atoms with Gasteiger partial charge in [0.15, 0.2) is 0 Å². The Balaban J connectivity index is 2.22. The van der Waals surface area contributed by atoms with Crippen LogP contribution in [-0.4, -0.2) is 47.7 Å². The van der Waals surface area contributed by atoms with Gasteiger partial charge in [0.1, 0.15) is 0 Å². The van der Waals surface area contributed by atoms with Crippen molar-refractivity contribution >= 4 is 5.91 Å². The lowest BCUT2D eigenvalue weighted by Gasteiger charge is -2.25. The molecule has 1 aliphatic rings. The molecule has 1 aliphatic carbocycles. The number of hydrogen-bond acceptors (Lipinski definition) is 3. The smallest absolute Gasteiger partial charge is 0.236 e. The fourth-order valence-corrected chi connectivity index (χ4v) is 2.02. The summed E-state index contributed by atoms with van der Waals surface area (Å²) in [6.45, 7) is 4.83. The third-order valence-electron chi connectivity index (χ3n) is 3.43. The van der Waals surface area contributed by atoms with E-state index in [9.17, 15) is 9.90 Å². The fraction of sp³-hybridized carbons (Fsp3) is 0.917. The van der Waals surface area contributed by atoms with Crippen LogP contribution in [0.25, 0.3) is 0 Å². The zero-order valence-electron chi connectivity index (χ0n) is 10.6. The Bertz CT molecular complexity index is 235. The second-order valence-electron chi connectivity index (χ2n) is 5.13. The van der Waals surface area contributed by atoms with Crippen LogP contribution >= 0.6 is 0 Å². The van der Waals surface area contributed by atoms with Crippen LogP contribution in [0.5, 0.6) is 0 Å². The number of carbonyl (C=O) groups is 1. The maximum absolute atomic E-state index is 11.6. The van der Waals surface area contributed by atoms with Gasteiger partial charge in [0.2, 0.25) is 5.91 Å². The van der Waals surface area contributed by atoms with E-state index in [1.54, 1.807) is 11.9 Å². The molecule has 0 aromatic rings. The van der Waals surface area contributed by atoms with Gasteiger partial charge in [-0.25, -0.2) is 0 Å². The van der Waals surface area contributed by atoms with Gasteiger partial charge in [0.05, 0.1) is 12.1 Å². The molecule has 0 radical (unpaired) electrons. The number of nitrogens with one attached hydrogen (secondary N) is 1. The first-order valence-corrected chi connectivity index (χ1v) is 6.13. The maximum Gasteiger partial charge on any atom is 0.236 e. The van der Waals surface area contributed by atoms with E-state index in [4.69, 9.17) is 0 Å². The molecular formula is C12H24N2O2. The van der Waals surface area contributed by atoms with Crippen LogP contribution in [0.1, 0.15) is 39.5 Å². The Morgan fingerprint density at radius 3 is 2.50 bits per heavy atom. The summed E-state index contributed by atoms with van der Waals surface area (Å²) >= 11 is 0. The normalized spacial score (nSPS) is 19.1. The molecule has 0 aromatic heterocycles. The van der Waals surface area contributed by atoms with Crippen molar-refractivity contribution in [1.29, 1.82) is 0 Å². The predicted molar refractivity (Wildman–Crippen MR) is 64.2 cm³/mol. The van der Waals surface area contributed by atoms with Crippen LogP contribution in [0.3, 0.4) is 0 Å². The number of hydrogen-bond donors (Lipinski definition) is 2. The molecule has 0 aliphatic heterocycles. The number of rotatable bonds is 5. The van der Waals surface area contributed by atoms with Crippen LogP contribution in [0.2, 0.25) is 0 Å². The van der Waals surface area contributed by atoms with E-state index in [0.717, 1.165) is 25.7 Å². The molecule has 0 saturated heterocycles. The second kappa shape index (κ2) is 5.64. The predicted octanol–water partition coefficient (Wildman–Crippen LogP) is 0.748. The van der Waals surface area contributed by atoms with Crippen LogP contribution < -0.4 is 5.32 Å². The first-order valence-electron chi connectivity index (χ1n) is 6.13. The molecule has 0 atom stereocenters. The molecule has 4 heteroatoms. The number of carbonyl (C=O) groups excluding carboxylic acids is 1. The molecule has 0 bridgehead atoms. The molecule has 1 fully saturated rings. The molecule has 0 unspecified atom stereocenters. The van der Waals surface area contributed by atoms with Gasteiger partial charge in [-0.15, -0.1) is 0 Å². The summed E-state index contributed by atoms with van der Waals surface area (Å²) in [6, 6.07) is 0.226. The molecule has 0 heterocycles. The average Bonchev–Trinajstić information content (AvgIpc) is 2.64. The average molecular weight is 228 g/mol. The number of nitrogens with zero attached hydrogens (tertiary/aromatic N) is 1. The van der Waals surface area contributed by atoms with Crippen LogP contribution in [0, 0.1) is 0 Å². The highest BCUT2D eigenvalue weighted by atomic mass is 16.3. The van der Waals surface area contributed by atoms with E-state index < -0.39 is 5.60 Å². The fourth-order valence-electron chi connectivity index (χ4n) is 2.02. The summed E-state index contributed by atoms with van der Waals surface area (Å²) < 4.78 is 0. The molecule has 1 saturated carbocycles. The number of likely N-dealkylation sites (N-methyl/N-ethyl adjacent to an activating group) is 1. The van der Waals surface area contributed by atoms with Crippen molar-refractivity contribution < 1.29 is 9.90 Å². The molecule has 4 nitrogen and oxygen atoms in total. The molecular weight excluding hydrogens is 204 g/mol. The zero-order chi connectivity index (χ0) is 12.2. The van der Waals surface area contributed by atoms with Gasteiger partial charge < -0.3 is 15.3 Å². The van der Waals surface area contributed by atoms with Crippen LogP contribution in [0.4, 0.5) is 0 Å². The highest BCUT2D eigenvalue weighted by molar-refractivity contribution is 5.78. The summed E-state index contributed by atoms with van der Waals surface area (Å²) in [6.07, 6.45) is 3.90. The van der Waals surface area contributed by atoms with E-state index in [1.165, 1.54) is 0 Å². The number of aliphatic hydroxyl groups is 1. The first-order chi connectivity index (χ1) is 7.44. The van der Waals surface area contributed by atoms with Crippen molar-refractivity contribution in [2.75, 3.05) is 20.1 Å². The Morgan fingerprint density at radius 2 is 2.00 bits per heavy atom. The quantitative estimate of drug-likeness (QED) is 0.730. The van der Waals surface area contributed by atoms with E-state index in [1.807, 2.05) is 13.8 Å². The van der Waals surface area contributed by atoms with Gasteiger partial charge in [-0.05, 0) is 26.7 Å². The summed E-state index contributed by atoms with van der Waals surface area (Å²) in [5.41, 5.74) is -0.573. The highest BCUT2D eigenvalue weighted by Gasteiger charge is 2.30. The summed E-state index contributed by atoms with van der Waals surface area (Å²) in [4.78, 5) is 13.4. The lowest BCUT2D eigenvalue weighted by molar-refractivity contribution is -0.130. The topological polar surface area (TPSA) is 52.6 Å². The van der Waals surface area contributed by atoms with E-state index in [2.05, 4.69) is 5.32 Å². The van der Waals surface area contributed by atoms with E-state index in [-0.39, 0.29) is 11.9 Å². The van der Waals surface area contributed by atoms with Crippen LogP contribution in [0.15, 0.2) is 0 Å². The van der Waals surface area contributed by atoms with Gasteiger partial charge in [-0.3, -0.25) is 4.79 Å². The van der Waals surface area contributed by atoms with Gasteiger partial charge in [-0.2, -0.15) is 0 Å².